The maximum atomic E-state index is 11.1. The second kappa shape index (κ2) is 7.31. The third-order valence-corrected chi connectivity index (χ3v) is 4.22. The highest BCUT2D eigenvalue weighted by atomic mass is 32.2. The Morgan fingerprint density at radius 1 is 1.50 bits per heavy atom. The van der Waals surface area contributed by atoms with Crippen LogP contribution < -0.4 is 5.32 Å². The highest BCUT2D eigenvalue weighted by Gasteiger charge is 2.06. The van der Waals surface area contributed by atoms with Crippen molar-refractivity contribution >= 4 is 39.9 Å². The number of carbonyl (C=O) groups excluding carboxylic acids is 1. The number of hydrogen-bond acceptors (Lipinski definition) is 6. The standard InChI is InChI=1S/C14H16N2O2S2/c1-18-13(17)7-6-11-9-20-14(16-11)15-10-4-3-5-12(8-10)19-2/h3-5,8-9H,6-7H2,1-2H3,(H,15,16). The van der Waals surface area contributed by atoms with E-state index in [0.29, 0.717) is 12.8 Å². The Balaban J connectivity index is 1.96. The first-order valence-corrected chi connectivity index (χ1v) is 8.24. The molecule has 0 atom stereocenters. The average Bonchev–Trinajstić information content (AvgIpc) is 2.92. The number of nitrogens with zero attached hydrogens (tertiary/aromatic N) is 1. The summed E-state index contributed by atoms with van der Waals surface area (Å²) in [5.41, 5.74) is 1.93. The molecule has 0 radical (unpaired) electrons. The Bertz CT molecular complexity index is 584. The first-order chi connectivity index (χ1) is 9.71. The summed E-state index contributed by atoms with van der Waals surface area (Å²) in [5.74, 6) is -0.208. The molecule has 1 aromatic carbocycles. The lowest BCUT2D eigenvalue weighted by molar-refractivity contribution is -0.140. The molecule has 0 saturated heterocycles. The molecule has 1 N–H and O–H groups in total. The largest absolute Gasteiger partial charge is 0.469 e. The minimum atomic E-state index is -0.208. The van der Waals surface area contributed by atoms with Crippen LogP contribution in [0.15, 0.2) is 34.5 Å². The zero-order valence-corrected chi connectivity index (χ0v) is 13.0. The molecule has 0 fully saturated rings. The van der Waals surface area contributed by atoms with Gasteiger partial charge < -0.3 is 10.1 Å². The number of methoxy groups -OCH3 is 1. The van der Waals surface area contributed by atoms with Crippen LogP contribution in [0.2, 0.25) is 0 Å². The molecule has 0 bridgehead atoms. The number of rotatable bonds is 6. The van der Waals surface area contributed by atoms with Crippen molar-refractivity contribution in [3.05, 3.63) is 35.3 Å². The number of ether oxygens (including phenoxy) is 1. The van der Waals surface area contributed by atoms with E-state index in [0.717, 1.165) is 16.5 Å². The maximum Gasteiger partial charge on any atom is 0.305 e. The van der Waals surface area contributed by atoms with Crippen LogP contribution in [-0.2, 0) is 16.0 Å². The van der Waals surface area contributed by atoms with Crippen molar-refractivity contribution < 1.29 is 9.53 Å². The fourth-order valence-corrected chi connectivity index (χ4v) is 2.86. The van der Waals surface area contributed by atoms with Crippen LogP contribution in [0.5, 0.6) is 0 Å². The van der Waals surface area contributed by atoms with Gasteiger partial charge in [0.05, 0.1) is 19.2 Å². The number of carbonyl (C=O) groups is 1. The summed E-state index contributed by atoms with van der Waals surface area (Å²) < 4.78 is 4.62. The van der Waals surface area contributed by atoms with E-state index in [9.17, 15) is 4.79 Å². The zero-order valence-electron chi connectivity index (χ0n) is 11.4. The van der Waals surface area contributed by atoms with Crippen LogP contribution in [0.3, 0.4) is 0 Å². The number of esters is 1. The second-order valence-corrected chi connectivity index (χ2v) is 5.81. The first kappa shape index (κ1) is 14.9. The summed E-state index contributed by atoms with van der Waals surface area (Å²) in [7, 11) is 1.40. The summed E-state index contributed by atoms with van der Waals surface area (Å²) in [6.07, 6.45) is 3.02. The van der Waals surface area contributed by atoms with Gasteiger partial charge in [-0.05, 0) is 24.5 Å². The highest BCUT2D eigenvalue weighted by Crippen LogP contribution is 2.24. The number of benzene rings is 1. The van der Waals surface area contributed by atoms with Crippen molar-refractivity contribution in [1.82, 2.24) is 4.98 Å². The molecule has 0 aliphatic heterocycles. The third-order valence-electron chi connectivity index (χ3n) is 2.69. The molecule has 0 saturated carbocycles. The van der Waals surface area contributed by atoms with Gasteiger partial charge in [-0.25, -0.2) is 4.98 Å². The highest BCUT2D eigenvalue weighted by molar-refractivity contribution is 7.98. The van der Waals surface area contributed by atoms with Crippen LogP contribution >= 0.6 is 23.1 Å². The van der Waals surface area contributed by atoms with Crippen LogP contribution in [0.1, 0.15) is 12.1 Å². The predicted octanol–water partition coefficient (Wildman–Crippen LogP) is 3.71. The summed E-state index contributed by atoms with van der Waals surface area (Å²) in [6, 6.07) is 8.18. The Labute approximate surface area is 126 Å². The fourth-order valence-electron chi connectivity index (χ4n) is 1.64. The van der Waals surface area contributed by atoms with E-state index >= 15 is 0 Å². The molecule has 0 unspecified atom stereocenters. The summed E-state index contributed by atoms with van der Waals surface area (Å²) >= 11 is 3.24. The Morgan fingerprint density at radius 2 is 2.35 bits per heavy atom. The summed E-state index contributed by atoms with van der Waals surface area (Å²) in [4.78, 5) is 16.8. The Morgan fingerprint density at radius 3 is 3.10 bits per heavy atom. The second-order valence-electron chi connectivity index (χ2n) is 4.08. The molecule has 0 aliphatic rings. The molecule has 0 aliphatic carbocycles. The summed E-state index contributed by atoms with van der Waals surface area (Å²) in [6.45, 7) is 0. The average molecular weight is 308 g/mol. The molecule has 1 heterocycles. The molecule has 2 rings (SSSR count). The Hall–Kier alpha value is -1.53. The third kappa shape index (κ3) is 4.25. The van der Waals surface area contributed by atoms with E-state index in [4.69, 9.17) is 0 Å². The van der Waals surface area contributed by atoms with Gasteiger partial charge in [-0.15, -0.1) is 23.1 Å². The lowest BCUT2D eigenvalue weighted by Gasteiger charge is -2.04. The van der Waals surface area contributed by atoms with Gasteiger partial charge in [0.25, 0.3) is 0 Å². The molecule has 106 valence electrons. The van der Waals surface area contributed by atoms with Gasteiger partial charge in [0, 0.05) is 22.4 Å². The van der Waals surface area contributed by atoms with Crippen molar-refractivity contribution in [2.24, 2.45) is 0 Å². The van der Waals surface area contributed by atoms with Crippen molar-refractivity contribution in [2.45, 2.75) is 17.7 Å². The number of anilines is 2. The molecular formula is C14H16N2O2S2. The molecule has 4 nitrogen and oxygen atoms in total. The molecule has 6 heteroatoms. The molecule has 1 aromatic heterocycles. The Kier molecular flexibility index (Phi) is 5.43. The van der Waals surface area contributed by atoms with Crippen molar-refractivity contribution in [3.63, 3.8) is 0 Å². The van der Waals surface area contributed by atoms with Crippen LogP contribution in [0.4, 0.5) is 10.8 Å². The van der Waals surface area contributed by atoms with Gasteiger partial charge in [0.2, 0.25) is 0 Å². The number of nitrogens with one attached hydrogen (secondary N) is 1. The lowest BCUT2D eigenvalue weighted by atomic mass is 10.2. The van der Waals surface area contributed by atoms with Crippen LogP contribution in [-0.4, -0.2) is 24.3 Å². The van der Waals surface area contributed by atoms with Gasteiger partial charge in [0.15, 0.2) is 5.13 Å². The minimum Gasteiger partial charge on any atom is -0.469 e. The molecule has 20 heavy (non-hydrogen) atoms. The monoisotopic (exact) mass is 308 g/mol. The smallest absolute Gasteiger partial charge is 0.305 e. The molecular weight excluding hydrogens is 292 g/mol. The van der Waals surface area contributed by atoms with Gasteiger partial charge in [-0.2, -0.15) is 0 Å². The van der Waals surface area contributed by atoms with Crippen LogP contribution in [0, 0.1) is 0 Å². The van der Waals surface area contributed by atoms with E-state index in [2.05, 4.69) is 27.2 Å². The van der Waals surface area contributed by atoms with Gasteiger partial charge in [-0.1, -0.05) is 6.07 Å². The minimum absolute atomic E-state index is 0.208. The number of aromatic nitrogens is 1. The molecule has 0 spiro atoms. The van der Waals surface area contributed by atoms with Crippen molar-refractivity contribution in [1.29, 1.82) is 0 Å². The summed E-state index contributed by atoms with van der Waals surface area (Å²) in [5, 5.41) is 6.08. The zero-order chi connectivity index (χ0) is 14.4. The first-order valence-electron chi connectivity index (χ1n) is 6.13. The number of thioether (sulfide) groups is 1. The lowest BCUT2D eigenvalue weighted by Crippen LogP contribution is -2.02. The van der Waals surface area contributed by atoms with E-state index in [1.807, 2.05) is 23.8 Å². The fraction of sp³-hybridized carbons (Fsp3) is 0.286. The molecule has 0 amide bonds. The number of thiazole rings is 1. The van der Waals surface area contributed by atoms with Gasteiger partial charge in [0.1, 0.15) is 0 Å². The van der Waals surface area contributed by atoms with Gasteiger partial charge in [-0.3, -0.25) is 4.79 Å². The number of hydrogen-bond donors (Lipinski definition) is 1. The SMILES string of the molecule is COC(=O)CCc1csc(Nc2cccc(SC)c2)n1. The quantitative estimate of drug-likeness (QED) is 0.651. The molecule has 2 aromatic rings. The van der Waals surface area contributed by atoms with Crippen LogP contribution in [0.25, 0.3) is 0 Å². The van der Waals surface area contributed by atoms with E-state index in [-0.39, 0.29) is 5.97 Å². The van der Waals surface area contributed by atoms with Crippen molar-refractivity contribution in [2.75, 3.05) is 18.7 Å². The number of aryl methyl sites for hydroxylation is 1. The van der Waals surface area contributed by atoms with E-state index in [1.54, 1.807) is 11.8 Å². The maximum absolute atomic E-state index is 11.1. The van der Waals surface area contributed by atoms with E-state index < -0.39 is 0 Å². The van der Waals surface area contributed by atoms with Gasteiger partial charge >= 0.3 is 5.97 Å². The predicted molar refractivity (Wildman–Crippen MR) is 84.0 cm³/mol. The normalized spacial score (nSPS) is 10.3. The van der Waals surface area contributed by atoms with Crippen molar-refractivity contribution in [3.8, 4) is 0 Å². The van der Waals surface area contributed by atoms with E-state index in [1.165, 1.54) is 23.3 Å². The topological polar surface area (TPSA) is 51.2 Å².